The van der Waals surface area contributed by atoms with Crippen LogP contribution in [-0.2, 0) is 9.47 Å². The quantitative estimate of drug-likeness (QED) is 0.521. The Bertz CT molecular complexity index is 208. The number of carbonyl (C=O) groups excluding carboxylic acids is 1. The molecule has 12 heavy (non-hydrogen) atoms. The van der Waals surface area contributed by atoms with E-state index in [9.17, 15) is 4.79 Å². The first-order chi connectivity index (χ1) is 5.70. The average Bonchev–Trinajstić information content (AvgIpc) is 2.33. The summed E-state index contributed by atoms with van der Waals surface area (Å²) in [5.41, 5.74) is -0.258. The van der Waals surface area contributed by atoms with Crippen molar-refractivity contribution in [3.63, 3.8) is 0 Å². The molecule has 0 bridgehead atoms. The second-order valence-corrected chi connectivity index (χ2v) is 3.56. The smallest absolute Gasteiger partial charge is 0.427 e. The molecule has 1 heterocycles. The maximum Gasteiger partial charge on any atom is 0.514 e. The normalized spacial score (nSPS) is 27.0. The molecule has 0 aromatic heterocycles. The molecule has 3 heteroatoms. The molecule has 66 valence electrons. The molecular weight excluding hydrogens is 156 g/mol. The monoisotopic (exact) mass is 168 g/mol. The molecular formula is C9H12O3. The highest BCUT2D eigenvalue weighted by Crippen LogP contribution is 2.40. The first kappa shape index (κ1) is 7.65. The number of rotatable bonds is 0. The van der Waals surface area contributed by atoms with Gasteiger partial charge in [0.05, 0.1) is 0 Å². The zero-order chi connectivity index (χ0) is 8.60. The fourth-order valence-corrected chi connectivity index (χ4v) is 2.05. The van der Waals surface area contributed by atoms with Crippen molar-refractivity contribution in [2.24, 2.45) is 0 Å². The summed E-state index contributed by atoms with van der Waals surface area (Å²) < 4.78 is 9.90. The zero-order valence-corrected chi connectivity index (χ0v) is 6.97. The van der Waals surface area contributed by atoms with E-state index in [1.165, 1.54) is 0 Å². The van der Waals surface area contributed by atoms with Crippen LogP contribution in [0, 0.1) is 0 Å². The lowest BCUT2D eigenvalue weighted by atomic mass is 9.96. The van der Waals surface area contributed by atoms with E-state index in [-0.39, 0.29) is 5.60 Å². The minimum absolute atomic E-state index is 0.258. The Morgan fingerprint density at radius 2 is 2.00 bits per heavy atom. The summed E-state index contributed by atoms with van der Waals surface area (Å²) in [6, 6.07) is 0. The second kappa shape index (κ2) is 2.51. The van der Waals surface area contributed by atoms with Crippen LogP contribution < -0.4 is 0 Å². The van der Waals surface area contributed by atoms with Crippen molar-refractivity contribution >= 4 is 6.16 Å². The largest absolute Gasteiger partial charge is 0.514 e. The minimum Gasteiger partial charge on any atom is -0.427 e. The zero-order valence-electron chi connectivity index (χ0n) is 6.97. The Morgan fingerprint density at radius 1 is 1.33 bits per heavy atom. The standard InChI is InChI=1S/C9H12O3/c1-7-6-9(4-2-3-5-9)12-8(10)11-7/h1-6H2. The first-order valence-corrected chi connectivity index (χ1v) is 4.29. The van der Waals surface area contributed by atoms with E-state index >= 15 is 0 Å². The molecule has 2 rings (SSSR count). The third-order valence-electron chi connectivity index (χ3n) is 2.56. The molecule has 1 saturated carbocycles. The van der Waals surface area contributed by atoms with Gasteiger partial charge in [0.2, 0.25) is 0 Å². The van der Waals surface area contributed by atoms with Gasteiger partial charge in [0.1, 0.15) is 11.4 Å². The molecule has 0 atom stereocenters. The van der Waals surface area contributed by atoms with Gasteiger partial charge < -0.3 is 9.47 Å². The van der Waals surface area contributed by atoms with Gasteiger partial charge >= 0.3 is 6.16 Å². The summed E-state index contributed by atoms with van der Waals surface area (Å²) >= 11 is 0. The molecule has 0 radical (unpaired) electrons. The molecule has 1 aliphatic carbocycles. The van der Waals surface area contributed by atoms with E-state index in [1.54, 1.807) is 0 Å². The molecule has 2 aliphatic rings. The Labute approximate surface area is 71.3 Å². The van der Waals surface area contributed by atoms with E-state index in [1.807, 2.05) is 0 Å². The maximum atomic E-state index is 10.9. The Hall–Kier alpha value is -0.990. The molecule has 1 spiro atoms. The number of hydrogen-bond acceptors (Lipinski definition) is 3. The van der Waals surface area contributed by atoms with E-state index in [4.69, 9.17) is 9.47 Å². The van der Waals surface area contributed by atoms with Crippen LogP contribution in [0.2, 0.25) is 0 Å². The molecule has 1 saturated heterocycles. The Balaban J connectivity index is 2.14. The highest BCUT2D eigenvalue weighted by molar-refractivity contribution is 5.63. The van der Waals surface area contributed by atoms with E-state index < -0.39 is 6.16 Å². The van der Waals surface area contributed by atoms with Crippen LogP contribution in [-0.4, -0.2) is 11.8 Å². The van der Waals surface area contributed by atoms with Crippen molar-refractivity contribution in [3.8, 4) is 0 Å². The van der Waals surface area contributed by atoms with Crippen LogP contribution in [0.3, 0.4) is 0 Å². The van der Waals surface area contributed by atoms with Crippen molar-refractivity contribution in [1.29, 1.82) is 0 Å². The fraction of sp³-hybridized carbons (Fsp3) is 0.667. The predicted molar refractivity (Wildman–Crippen MR) is 42.5 cm³/mol. The topological polar surface area (TPSA) is 35.5 Å². The molecule has 0 amide bonds. The number of carbonyl (C=O) groups is 1. The lowest BCUT2D eigenvalue weighted by molar-refractivity contribution is -0.0565. The van der Waals surface area contributed by atoms with Crippen LogP contribution in [0.4, 0.5) is 4.79 Å². The third kappa shape index (κ3) is 1.19. The van der Waals surface area contributed by atoms with Crippen molar-refractivity contribution in [2.45, 2.75) is 37.7 Å². The molecule has 2 fully saturated rings. The highest BCUT2D eigenvalue weighted by Gasteiger charge is 2.42. The van der Waals surface area contributed by atoms with Gasteiger partial charge in [-0.3, -0.25) is 0 Å². The van der Waals surface area contributed by atoms with Crippen LogP contribution >= 0.6 is 0 Å². The van der Waals surface area contributed by atoms with Gasteiger partial charge in [0.15, 0.2) is 0 Å². The summed E-state index contributed by atoms with van der Waals surface area (Å²) in [6.07, 6.45) is 4.30. The van der Waals surface area contributed by atoms with Gasteiger partial charge in [-0.25, -0.2) is 4.79 Å². The van der Waals surface area contributed by atoms with Crippen molar-refractivity contribution in [1.82, 2.24) is 0 Å². The maximum absolute atomic E-state index is 10.9. The second-order valence-electron chi connectivity index (χ2n) is 3.56. The Morgan fingerprint density at radius 3 is 2.58 bits per heavy atom. The lowest BCUT2D eigenvalue weighted by Crippen LogP contribution is -2.37. The summed E-state index contributed by atoms with van der Waals surface area (Å²) in [5.74, 6) is 0.549. The molecule has 0 unspecified atom stereocenters. The van der Waals surface area contributed by atoms with Gasteiger partial charge in [-0.05, 0) is 25.7 Å². The molecule has 0 aromatic rings. The third-order valence-corrected chi connectivity index (χ3v) is 2.56. The highest BCUT2D eigenvalue weighted by atomic mass is 16.7. The Kier molecular flexibility index (Phi) is 1.60. The van der Waals surface area contributed by atoms with Crippen molar-refractivity contribution in [3.05, 3.63) is 12.3 Å². The lowest BCUT2D eigenvalue weighted by Gasteiger charge is -2.32. The van der Waals surface area contributed by atoms with Gasteiger partial charge in [-0.1, -0.05) is 6.58 Å². The van der Waals surface area contributed by atoms with Crippen LogP contribution in [0.15, 0.2) is 12.3 Å². The average molecular weight is 168 g/mol. The van der Waals surface area contributed by atoms with Gasteiger partial charge in [-0.2, -0.15) is 0 Å². The van der Waals surface area contributed by atoms with Crippen molar-refractivity contribution < 1.29 is 14.3 Å². The van der Waals surface area contributed by atoms with E-state index in [0.717, 1.165) is 25.7 Å². The van der Waals surface area contributed by atoms with E-state index in [2.05, 4.69) is 6.58 Å². The predicted octanol–water partition coefficient (Wildman–Crippen LogP) is 2.37. The molecule has 1 aliphatic heterocycles. The van der Waals surface area contributed by atoms with E-state index in [0.29, 0.717) is 12.2 Å². The van der Waals surface area contributed by atoms with Gasteiger partial charge in [0.25, 0.3) is 0 Å². The molecule has 0 N–H and O–H groups in total. The number of hydrogen-bond donors (Lipinski definition) is 0. The van der Waals surface area contributed by atoms with Gasteiger partial charge in [-0.15, -0.1) is 0 Å². The summed E-state index contributed by atoms with van der Waals surface area (Å²) in [5, 5.41) is 0. The molecule has 3 nitrogen and oxygen atoms in total. The number of cyclic esters (lactones) is 1. The summed E-state index contributed by atoms with van der Waals surface area (Å²) in [7, 11) is 0. The SMILES string of the molecule is C=C1CC2(CCCC2)OC(=O)O1. The summed E-state index contributed by atoms with van der Waals surface area (Å²) in [4.78, 5) is 10.9. The fourth-order valence-electron chi connectivity index (χ4n) is 2.05. The van der Waals surface area contributed by atoms with Crippen LogP contribution in [0.1, 0.15) is 32.1 Å². The van der Waals surface area contributed by atoms with Crippen molar-refractivity contribution in [2.75, 3.05) is 0 Å². The minimum atomic E-state index is -0.576. The van der Waals surface area contributed by atoms with Gasteiger partial charge in [0, 0.05) is 6.42 Å². The molecule has 0 aromatic carbocycles. The van der Waals surface area contributed by atoms with Crippen LogP contribution in [0.25, 0.3) is 0 Å². The number of ether oxygens (including phenoxy) is 2. The van der Waals surface area contributed by atoms with Crippen LogP contribution in [0.5, 0.6) is 0 Å². The first-order valence-electron chi connectivity index (χ1n) is 4.29. The summed E-state index contributed by atoms with van der Waals surface area (Å²) in [6.45, 7) is 3.66.